The maximum absolute atomic E-state index is 12.3. The molecule has 0 atom stereocenters. The van der Waals surface area contributed by atoms with Gasteiger partial charge in [0.05, 0.1) is 23.6 Å². The molecule has 0 fully saturated rings. The summed E-state index contributed by atoms with van der Waals surface area (Å²) in [5.74, 6) is -0.307. The van der Waals surface area contributed by atoms with Crippen molar-refractivity contribution in [3.63, 3.8) is 0 Å². The number of para-hydroxylation sites is 1. The average molecular weight is 411 g/mol. The van der Waals surface area contributed by atoms with Gasteiger partial charge in [-0.2, -0.15) is 0 Å². The molecule has 3 rings (SSSR count). The minimum Gasteiger partial charge on any atom is -0.462 e. The van der Waals surface area contributed by atoms with Gasteiger partial charge in [-0.1, -0.05) is 30.0 Å². The number of nitrogens with one attached hydrogen (secondary N) is 1. The highest BCUT2D eigenvalue weighted by Crippen LogP contribution is 2.25. The summed E-state index contributed by atoms with van der Waals surface area (Å²) < 4.78 is 10.7. The molecule has 1 aromatic heterocycles. The highest BCUT2D eigenvalue weighted by molar-refractivity contribution is 7.99. The number of nitrogens with zero attached hydrogens (tertiary/aromatic N) is 2. The van der Waals surface area contributed by atoms with Gasteiger partial charge in [0.25, 0.3) is 5.22 Å². The normalized spacial score (nSPS) is 10.6. The number of thioether (sulfide) groups is 1. The van der Waals surface area contributed by atoms with Crippen molar-refractivity contribution in [2.45, 2.75) is 26.0 Å². The van der Waals surface area contributed by atoms with Gasteiger partial charge in [-0.25, -0.2) is 4.79 Å². The number of ether oxygens (including phenoxy) is 1. The fraction of sp³-hybridized carbons (Fsp3) is 0.238. The average Bonchev–Trinajstić information content (AvgIpc) is 3.18. The molecule has 7 nitrogen and oxygen atoms in total. The van der Waals surface area contributed by atoms with Crippen LogP contribution in [0.2, 0.25) is 0 Å². The third-order valence-corrected chi connectivity index (χ3v) is 5.00. The Morgan fingerprint density at radius 1 is 1.10 bits per heavy atom. The van der Waals surface area contributed by atoms with E-state index >= 15 is 0 Å². The second-order valence-electron chi connectivity index (χ2n) is 6.28. The van der Waals surface area contributed by atoms with Gasteiger partial charge < -0.3 is 14.5 Å². The topological polar surface area (TPSA) is 94.3 Å². The zero-order valence-corrected chi connectivity index (χ0v) is 17.2. The molecule has 29 heavy (non-hydrogen) atoms. The fourth-order valence-corrected chi connectivity index (χ4v) is 3.11. The fourth-order valence-electron chi connectivity index (χ4n) is 2.55. The minimum atomic E-state index is -0.481. The Labute approximate surface area is 172 Å². The largest absolute Gasteiger partial charge is 0.462 e. The predicted octanol–water partition coefficient (Wildman–Crippen LogP) is 4.26. The van der Waals surface area contributed by atoms with Crippen molar-refractivity contribution < 1.29 is 18.7 Å². The van der Waals surface area contributed by atoms with Gasteiger partial charge in [-0.15, -0.1) is 10.2 Å². The summed E-state index contributed by atoms with van der Waals surface area (Å²) in [6.45, 7) is 6.04. The maximum Gasteiger partial charge on any atom is 0.340 e. The monoisotopic (exact) mass is 411 g/mol. The van der Waals surface area contributed by atoms with Crippen molar-refractivity contribution in [1.82, 2.24) is 10.2 Å². The van der Waals surface area contributed by atoms with E-state index in [0.29, 0.717) is 22.4 Å². The van der Waals surface area contributed by atoms with E-state index in [2.05, 4.69) is 15.5 Å². The SMILES string of the molecule is CCOC(=O)c1ccccc1NC(=O)CSc1nnc(-c2ccc(C)c(C)c2)o1. The lowest BCUT2D eigenvalue weighted by molar-refractivity contribution is -0.113. The van der Waals surface area contributed by atoms with E-state index in [-0.39, 0.29) is 18.3 Å². The molecule has 0 saturated heterocycles. The number of amides is 1. The van der Waals surface area contributed by atoms with Gasteiger partial charge >= 0.3 is 5.97 Å². The van der Waals surface area contributed by atoms with Crippen LogP contribution in [0, 0.1) is 13.8 Å². The van der Waals surface area contributed by atoms with E-state index in [0.717, 1.165) is 22.9 Å². The number of hydrogen-bond donors (Lipinski definition) is 1. The summed E-state index contributed by atoms with van der Waals surface area (Å²) in [5.41, 5.74) is 3.86. The zero-order valence-electron chi connectivity index (χ0n) is 16.4. The lowest BCUT2D eigenvalue weighted by Crippen LogP contribution is -2.17. The maximum atomic E-state index is 12.3. The lowest BCUT2D eigenvalue weighted by atomic mass is 10.1. The molecule has 8 heteroatoms. The van der Waals surface area contributed by atoms with Gasteiger partial charge in [-0.3, -0.25) is 4.79 Å². The Morgan fingerprint density at radius 2 is 1.90 bits per heavy atom. The van der Waals surface area contributed by atoms with Crippen molar-refractivity contribution in [1.29, 1.82) is 0 Å². The molecular formula is C21H21N3O4S. The van der Waals surface area contributed by atoms with E-state index in [1.165, 1.54) is 5.56 Å². The Hall–Kier alpha value is -3.13. The van der Waals surface area contributed by atoms with E-state index in [1.807, 2.05) is 32.0 Å². The van der Waals surface area contributed by atoms with Crippen molar-refractivity contribution in [3.05, 3.63) is 59.2 Å². The van der Waals surface area contributed by atoms with E-state index in [9.17, 15) is 9.59 Å². The Balaban J connectivity index is 1.61. The lowest BCUT2D eigenvalue weighted by Gasteiger charge is -2.09. The van der Waals surface area contributed by atoms with Crippen LogP contribution in [-0.2, 0) is 9.53 Å². The Bertz CT molecular complexity index is 1030. The molecule has 3 aromatic rings. The molecule has 150 valence electrons. The molecule has 1 amide bonds. The first-order valence-electron chi connectivity index (χ1n) is 9.08. The standard InChI is InChI=1S/C21H21N3O4S/c1-4-27-20(26)16-7-5-6-8-17(16)22-18(25)12-29-21-24-23-19(28-21)15-10-9-13(2)14(3)11-15/h5-11H,4,12H2,1-3H3,(H,22,25). The zero-order chi connectivity index (χ0) is 20.8. The summed E-state index contributed by atoms with van der Waals surface area (Å²) in [7, 11) is 0. The third-order valence-electron chi connectivity index (χ3n) is 4.18. The molecular weight excluding hydrogens is 390 g/mol. The summed E-state index contributed by atoms with van der Waals surface area (Å²) in [5, 5.41) is 11.1. The van der Waals surface area contributed by atoms with Crippen molar-refractivity contribution in [2.75, 3.05) is 17.7 Å². The smallest absolute Gasteiger partial charge is 0.340 e. The molecule has 0 unspecified atom stereocenters. The molecule has 2 aromatic carbocycles. The number of rotatable bonds is 7. The number of benzene rings is 2. The summed E-state index contributed by atoms with van der Waals surface area (Å²) in [4.78, 5) is 24.3. The number of carbonyl (C=O) groups excluding carboxylic acids is 2. The number of hydrogen-bond acceptors (Lipinski definition) is 7. The van der Waals surface area contributed by atoms with Crippen LogP contribution >= 0.6 is 11.8 Å². The third kappa shape index (κ3) is 5.23. The molecule has 0 aliphatic rings. The van der Waals surface area contributed by atoms with Crippen LogP contribution in [0.25, 0.3) is 11.5 Å². The van der Waals surface area contributed by atoms with Crippen LogP contribution in [0.15, 0.2) is 52.1 Å². The Kier molecular flexibility index (Phi) is 6.66. The summed E-state index contributed by atoms with van der Waals surface area (Å²) in [6.07, 6.45) is 0. The molecule has 0 aliphatic heterocycles. The molecule has 0 spiro atoms. The summed E-state index contributed by atoms with van der Waals surface area (Å²) in [6, 6.07) is 12.6. The second kappa shape index (κ2) is 9.38. The minimum absolute atomic E-state index is 0.0612. The first-order valence-corrected chi connectivity index (χ1v) is 10.1. The second-order valence-corrected chi connectivity index (χ2v) is 7.20. The van der Waals surface area contributed by atoms with Gasteiger partial charge in [0.1, 0.15) is 0 Å². The quantitative estimate of drug-likeness (QED) is 0.458. The molecule has 1 heterocycles. The van der Waals surface area contributed by atoms with E-state index in [1.54, 1.807) is 31.2 Å². The molecule has 0 radical (unpaired) electrons. The number of esters is 1. The van der Waals surface area contributed by atoms with Crippen molar-refractivity contribution in [2.24, 2.45) is 0 Å². The van der Waals surface area contributed by atoms with E-state index < -0.39 is 5.97 Å². The van der Waals surface area contributed by atoms with Crippen molar-refractivity contribution >= 4 is 29.3 Å². The van der Waals surface area contributed by atoms with Gasteiger partial charge in [0.15, 0.2) is 0 Å². The van der Waals surface area contributed by atoms with Crippen LogP contribution in [0.4, 0.5) is 5.69 Å². The van der Waals surface area contributed by atoms with Crippen LogP contribution in [-0.4, -0.2) is 34.4 Å². The van der Waals surface area contributed by atoms with Crippen LogP contribution in [0.5, 0.6) is 0 Å². The summed E-state index contributed by atoms with van der Waals surface area (Å²) >= 11 is 1.13. The first kappa shape index (κ1) is 20.6. The van der Waals surface area contributed by atoms with Crippen LogP contribution in [0.1, 0.15) is 28.4 Å². The van der Waals surface area contributed by atoms with Crippen LogP contribution < -0.4 is 5.32 Å². The predicted molar refractivity (Wildman–Crippen MR) is 111 cm³/mol. The number of aromatic nitrogens is 2. The molecule has 0 saturated carbocycles. The highest BCUT2D eigenvalue weighted by atomic mass is 32.2. The molecule has 0 bridgehead atoms. The van der Waals surface area contributed by atoms with Gasteiger partial charge in [0, 0.05) is 5.56 Å². The van der Waals surface area contributed by atoms with Crippen LogP contribution in [0.3, 0.4) is 0 Å². The van der Waals surface area contributed by atoms with E-state index in [4.69, 9.17) is 9.15 Å². The molecule has 1 N–H and O–H groups in total. The first-order chi connectivity index (χ1) is 14.0. The van der Waals surface area contributed by atoms with Crippen molar-refractivity contribution in [3.8, 4) is 11.5 Å². The highest BCUT2D eigenvalue weighted by Gasteiger charge is 2.15. The number of anilines is 1. The number of aryl methyl sites for hydroxylation is 2. The number of carbonyl (C=O) groups is 2. The Morgan fingerprint density at radius 3 is 2.66 bits per heavy atom. The molecule has 0 aliphatic carbocycles. The van der Waals surface area contributed by atoms with Gasteiger partial charge in [-0.05, 0) is 56.2 Å². The van der Waals surface area contributed by atoms with Gasteiger partial charge in [0.2, 0.25) is 11.8 Å².